The quantitative estimate of drug-likeness (QED) is 0.608. The summed E-state index contributed by atoms with van der Waals surface area (Å²) in [4.78, 5) is 24.1. The summed E-state index contributed by atoms with van der Waals surface area (Å²) in [7, 11) is 3.14. The lowest BCUT2D eigenvalue weighted by atomic mass is 10.1. The number of amides is 1. The molecular formula is C13H19N3O4. The van der Waals surface area contributed by atoms with Gasteiger partial charge in [0.25, 0.3) is 11.6 Å². The van der Waals surface area contributed by atoms with Crippen LogP contribution in [-0.2, 0) is 0 Å². The summed E-state index contributed by atoms with van der Waals surface area (Å²) in [6, 6.07) is 4.37. The third-order valence-electron chi connectivity index (χ3n) is 2.95. The number of carbonyl (C=O) groups excluding carboxylic acids is 1. The van der Waals surface area contributed by atoms with E-state index in [1.165, 1.54) is 24.1 Å². The van der Waals surface area contributed by atoms with Crippen molar-refractivity contribution >= 4 is 17.3 Å². The Hall–Kier alpha value is -2.15. The Morgan fingerprint density at radius 2 is 2.20 bits per heavy atom. The molecule has 0 spiro atoms. The fourth-order valence-corrected chi connectivity index (χ4v) is 1.82. The van der Waals surface area contributed by atoms with E-state index in [1.807, 2.05) is 0 Å². The Morgan fingerprint density at radius 3 is 2.70 bits per heavy atom. The molecule has 0 aliphatic carbocycles. The highest BCUT2D eigenvalue weighted by molar-refractivity contribution is 6.01. The van der Waals surface area contributed by atoms with Crippen LogP contribution in [0.15, 0.2) is 18.2 Å². The maximum absolute atomic E-state index is 12.3. The predicted molar refractivity (Wildman–Crippen MR) is 75.9 cm³/mol. The summed E-state index contributed by atoms with van der Waals surface area (Å²) < 4.78 is 0. The van der Waals surface area contributed by atoms with Gasteiger partial charge in [-0.1, -0.05) is 6.07 Å². The molecule has 7 nitrogen and oxygen atoms in total. The molecule has 20 heavy (non-hydrogen) atoms. The fraction of sp³-hybridized carbons (Fsp3) is 0.462. The molecule has 1 amide bonds. The highest BCUT2D eigenvalue weighted by atomic mass is 16.6. The molecule has 1 aromatic carbocycles. The largest absolute Gasteiger partial charge is 0.393 e. The molecule has 2 N–H and O–H groups in total. The van der Waals surface area contributed by atoms with E-state index in [2.05, 4.69) is 5.32 Å². The van der Waals surface area contributed by atoms with E-state index in [9.17, 15) is 20.0 Å². The molecular weight excluding hydrogens is 262 g/mol. The molecule has 1 atom stereocenters. The molecule has 0 saturated carbocycles. The van der Waals surface area contributed by atoms with Crippen molar-refractivity contribution < 1.29 is 14.8 Å². The maximum atomic E-state index is 12.3. The second-order valence-electron chi connectivity index (χ2n) is 4.57. The van der Waals surface area contributed by atoms with Gasteiger partial charge in [0.2, 0.25) is 0 Å². The van der Waals surface area contributed by atoms with Gasteiger partial charge in [-0.15, -0.1) is 0 Å². The molecule has 0 saturated heterocycles. The molecule has 0 radical (unpaired) electrons. The van der Waals surface area contributed by atoms with Gasteiger partial charge in [0.15, 0.2) is 0 Å². The number of aliphatic hydroxyl groups is 1. The minimum Gasteiger partial charge on any atom is -0.393 e. The topological polar surface area (TPSA) is 95.7 Å². The van der Waals surface area contributed by atoms with Crippen LogP contribution in [0.5, 0.6) is 0 Å². The molecule has 1 rings (SSSR count). The number of carbonyl (C=O) groups is 1. The van der Waals surface area contributed by atoms with Crippen molar-refractivity contribution in [3.63, 3.8) is 0 Å². The van der Waals surface area contributed by atoms with E-state index in [4.69, 9.17) is 0 Å². The SMILES string of the molecule is CNc1c(C(=O)N(C)CCC(C)O)cccc1[N+](=O)[O-]. The Balaban J connectivity index is 3.03. The van der Waals surface area contributed by atoms with Gasteiger partial charge in [0.1, 0.15) is 5.69 Å². The number of para-hydroxylation sites is 1. The molecule has 0 aliphatic rings. The zero-order chi connectivity index (χ0) is 15.3. The summed E-state index contributed by atoms with van der Waals surface area (Å²) >= 11 is 0. The van der Waals surface area contributed by atoms with Gasteiger partial charge in [-0.25, -0.2) is 0 Å². The highest BCUT2D eigenvalue weighted by Gasteiger charge is 2.22. The summed E-state index contributed by atoms with van der Waals surface area (Å²) in [5, 5.41) is 22.9. The molecule has 110 valence electrons. The highest BCUT2D eigenvalue weighted by Crippen LogP contribution is 2.28. The van der Waals surface area contributed by atoms with Crippen LogP contribution in [0.2, 0.25) is 0 Å². The van der Waals surface area contributed by atoms with Crippen LogP contribution < -0.4 is 5.32 Å². The lowest BCUT2D eigenvalue weighted by Crippen LogP contribution is -2.30. The van der Waals surface area contributed by atoms with Crippen molar-refractivity contribution in [1.29, 1.82) is 0 Å². The first-order valence-corrected chi connectivity index (χ1v) is 6.27. The second-order valence-corrected chi connectivity index (χ2v) is 4.57. The molecule has 0 aromatic heterocycles. The molecule has 0 fully saturated rings. The third-order valence-corrected chi connectivity index (χ3v) is 2.95. The van der Waals surface area contributed by atoms with Gasteiger partial charge < -0.3 is 15.3 Å². The summed E-state index contributed by atoms with van der Waals surface area (Å²) in [6.45, 7) is 2.02. The molecule has 1 unspecified atom stereocenters. The van der Waals surface area contributed by atoms with Crippen molar-refractivity contribution in [2.45, 2.75) is 19.4 Å². The maximum Gasteiger partial charge on any atom is 0.293 e. The number of nitrogens with zero attached hydrogens (tertiary/aromatic N) is 2. The lowest BCUT2D eigenvalue weighted by Gasteiger charge is -2.19. The predicted octanol–water partition coefficient (Wildman–Crippen LogP) is 1.48. The van der Waals surface area contributed by atoms with Crippen LogP contribution in [0.4, 0.5) is 11.4 Å². The van der Waals surface area contributed by atoms with E-state index in [0.29, 0.717) is 13.0 Å². The number of anilines is 1. The van der Waals surface area contributed by atoms with Crippen molar-refractivity contribution in [2.24, 2.45) is 0 Å². The van der Waals surface area contributed by atoms with Gasteiger partial charge in [-0.2, -0.15) is 0 Å². The number of benzene rings is 1. The van der Waals surface area contributed by atoms with Crippen LogP contribution in [0.1, 0.15) is 23.7 Å². The first kappa shape index (κ1) is 15.9. The molecule has 7 heteroatoms. The van der Waals surface area contributed by atoms with Crippen molar-refractivity contribution in [1.82, 2.24) is 4.90 Å². The third kappa shape index (κ3) is 3.67. The number of nitrogens with one attached hydrogen (secondary N) is 1. The van der Waals surface area contributed by atoms with Crippen LogP contribution in [0, 0.1) is 10.1 Å². The average molecular weight is 281 g/mol. The van der Waals surface area contributed by atoms with Crippen molar-refractivity contribution in [3.8, 4) is 0 Å². The van der Waals surface area contributed by atoms with Gasteiger partial charge in [-0.05, 0) is 19.4 Å². The van der Waals surface area contributed by atoms with E-state index in [0.717, 1.165) is 0 Å². The summed E-state index contributed by atoms with van der Waals surface area (Å²) in [5.74, 6) is -0.321. The number of nitro benzene ring substituents is 1. The fourth-order valence-electron chi connectivity index (χ4n) is 1.82. The van der Waals surface area contributed by atoms with E-state index in [-0.39, 0.29) is 22.8 Å². The first-order chi connectivity index (χ1) is 9.38. The monoisotopic (exact) mass is 281 g/mol. The molecule has 0 heterocycles. The molecule has 0 aliphatic heterocycles. The minimum absolute atomic E-state index is 0.137. The Bertz CT molecular complexity index is 502. The zero-order valence-electron chi connectivity index (χ0n) is 11.8. The number of nitro groups is 1. The summed E-state index contributed by atoms with van der Waals surface area (Å²) in [5.41, 5.74) is 0.309. The van der Waals surface area contributed by atoms with Crippen LogP contribution in [-0.4, -0.2) is 47.6 Å². The smallest absolute Gasteiger partial charge is 0.293 e. The number of hydrogen-bond acceptors (Lipinski definition) is 5. The number of aliphatic hydroxyl groups excluding tert-OH is 1. The number of hydrogen-bond donors (Lipinski definition) is 2. The van der Waals surface area contributed by atoms with E-state index < -0.39 is 11.0 Å². The average Bonchev–Trinajstić information content (AvgIpc) is 2.42. The van der Waals surface area contributed by atoms with Crippen LogP contribution in [0.25, 0.3) is 0 Å². The van der Waals surface area contributed by atoms with Gasteiger partial charge in [-0.3, -0.25) is 14.9 Å². The second kappa shape index (κ2) is 6.85. The van der Waals surface area contributed by atoms with Gasteiger partial charge in [0.05, 0.1) is 16.6 Å². The molecule has 1 aromatic rings. The van der Waals surface area contributed by atoms with Crippen LogP contribution >= 0.6 is 0 Å². The Morgan fingerprint density at radius 1 is 1.55 bits per heavy atom. The Kier molecular flexibility index (Phi) is 5.45. The zero-order valence-corrected chi connectivity index (χ0v) is 11.8. The Labute approximate surface area is 117 Å². The standard InChI is InChI=1S/C13H19N3O4/c1-9(17)7-8-15(3)13(18)10-5-4-6-11(16(19)20)12(10)14-2/h4-6,9,14,17H,7-8H2,1-3H3. The minimum atomic E-state index is -0.529. The van der Waals surface area contributed by atoms with Crippen LogP contribution in [0.3, 0.4) is 0 Å². The number of rotatable bonds is 6. The van der Waals surface area contributed by atoms with Gasteiger partial charge >= 0.3 is 0 Å². The normalized spacial score (nSPS) is 11.8. The van der Waals surface area contributed by atoms with E-state index in [1.54, 1.807) is 20.0 Å². The summed E-state index contributed by atoms with van der Waals surface area (Å²) in [6.07, 6.45) is -0.0504. The van der Waals surface area contributed by atoms with Crippen molar-refractivity contribution in [3.05, 3.63) is 33.9 Å². The molecule has 0 bridgehead atoms. The lowest BCUT2D eigenvalue weighted by molar-refractivity contribution is -0.384. The van der Waals surface area contributed by atoms with Gasteiger partial charge in [0, 0.05) is 26.7 Å². The first-order valence-electron chi connectivity index (χ1n) is 6.27. The van der Waals surface area contributed by atoms with Crippen molar-refractivity contribution in [2.75, 3.05) is 26.0 Å². The van der Waals surface area contributed by atoms with E-state index >= 15 is 0 Å².